The van der Waals surface area contributed by atoms with Crippen molar-refractivity contribution >= 4 is 45.8 Å². The second-order valence-corrected chi connectivity index (χ2v) is 4.82. The van der Waals surface area contributed by atoms with Crippen molar-refractivity contribution in [2.45, 2.75) is 9.79 Å². The molecule has 0 amide bonds. The van der Waals surface area contributed by atoms with Crippen LogP contribution < -0.4 is 0 Å². The summed E-state index contributed by atoms with van der Waals surface area (Å²) in [4.78, 5) is 1.52. The van der Waals surface area contributed by atoms with E-state index in [-0.39, 0.29) is 5.82 Å². The maximum atomic E-state index is 13.5. The van der Waals surface area contributed by atoms with E-state index in [1.807, 2.05) is 17.7 Å². The second kappa shape index (κ2) is 3.52. The van der Waals surface area contributed by atoms with Gasteiger partial charge in [0.15, 0.2) is 5.82 Å². The fraction of sp³-hybridized carbons (Fsp3) is 0.111. The first-order valence-electron chi connectivity index (χ1n) is 3.66. The van der Waals surface area contributed by atoms with Crippen LogP contribution in [0.1, 0.15) is 0 Å². The molecule has 4 heteroatoms. The Bertz CT molecular complexity index is 447. The van der Waals surface area contributed by atoms with E-state index in [2.05, 4.69) is 12.6 Å². The Hall–Kier alpha value is -0.190. The summed E-state index contributed by atoms with van der Waals surface area (Å²) < 4.78 is 14.2. The van der Waals surface area contributed by atoms with Crippen LogP contribution in [0.25, 0.3) is 10.1 Å². The molecule has 13 heavy (non-hydrogen) atoms. The molecule has 0 radical (unpaired) electrons. The first kappa shape index (κ1) is 9.37. The minimum absolute atomic E-state index is 0.203. The first-order chi connectivity index (χ1) is 6.24. The summed E-state index contributed by atoms with van der Waals surface area (Å²) in [6.45, 7) is 0. The maximum absolute atomic E-state index is 13.5. The molecule has 2 rings (SSSR count). The van der Waals surface area contributed by atoms with Gasteiger partial charge in [-0.15, -0.1) is 35.7 Å². The smallest absolute Gasteiger partial charge is 0.154 e. The van der Waals surface area contributed by atoms with Gasteiger partial charge in [0.2, 0.25) is 0 Å². The highest BCUT2D eigenvalue weighted by Crippen LogP contribution is 2.35. The van der Waals surface area contributed by atoms with E-state index in [1.54, 1.807) is 17.8 Å². The second-order valence-electron chi connectivity index (χ2n) is 2.58. The zero-order valence-corrected chi connectivity index (χ0v) is 9.40. The standard InChI is InChI=1S/C9H7FS3/c1-12-7-4-6(11)8(10)9-5(7)2-3-13-9/h2-4,11H,1H3. The van der Waals surface area contributed by atoms with Crippen LogP contribution >= 0.6 is 35.7 Å². The third-order valence-corrected chi connectivity index (χ3v) is 3.85. The molecule has 2 aromatic rings. The van der Waals surface area contributed by atoms with Crippen molar-refractivity contribution in [2.75, 3.05) is 6.26 Å². The molecule has 0 saturated carbocycles. The molecule has 0 bridgehead atoms. The molecule has 1 aromatic heterocycles. The highest BCUT2D eigenvalue weighted by Gasteiger charge is 2.10. The number of fused-ring (bicyclic) bond motifs is 1. The molecular formula is C9H7FS3. The summed E-state index contributed by atoms with van der Waals surface area (Å²) in [6, 6.07) is 3.72. The van der Waals surface area contributed by atoms with Crippen molar-refractivity contribution in [2.24, 2.45) is 0 Å². The van der Waals surface area contributed by atoms with Gasteiger partial charge in [-0.25, -0.2) is 4.39 Å². The van der Waals surface area contributed by atoms with Crippen molar-refractivity contribution in [1.82, 2.24) is 0 Å². The van der Waals surface area contributed by atoms with Crippen LogP contribution in [0.3, 0.4) is 0 Å². The average molecular weight is 230 g/mol. The quantitative estimate of drug-likeness (QED) is 0.569. The highest BCUT2D eigenvalue weighted by molar-refractivity contribution is 7.98. The molecule has 0 spiro atoms. The molecule has 0 N–H and O–H groups in total. The Morgan fingerprint density at radius 2 is 2.31 bits per heavy atom. The van der Waals surface area contributed by atoms with Gasteiger partial charge in [0.05, 0.1) is 4.70 Å². The summed E-state index contributed by atoms with van der Waals surface area (Å²) in [7, 11) is 0. The Kier molecular flexibility index (Phi) is 2.53. The SMILES string of the molecule is CSc1cc(S)c(F)c2sccc12. The molecular weight excluding hydrogens is 223 g/mol. The van der Waals surface area contributed by atoms with Crippen LogP contribution in [0.4, 0.5) is 4.39 Å². The van der Waals surface area contributed by atoms with Gasteiger partial charge in [-0.05, 0) is 23.8 Å². The van der Waals surface area contributed by atoms with Crippen molar-refractivity contribution < 1.29 is 4.39 Å². The number of thioether (sulfide) groups is 1. The van der Waals surface area contributed by atoms with E-state index in [0.29, 0.717) is 9.60 Å². The van der Waals surface area contributed by atoms with Crippen molar-refractivity contribution in [3.05, 3.63) is 23.3 Å². The third-order valence-electron chi connectivity index (χ3n) is 1.84. The molecule has 0 atom stereocenters. The average Bonchev–Trinajstić information content (AvgIpc) is 2.60. The molecule has 1 heterocycles. The minimum Gasteiger partial charge on any atom is -0.204 e. The molecule has 68 valence electrons. The van der Waals surface area contributed by atoms with Gasteiger partial charge in [0.25, 0.3) is 0 Å². The molecule has 0 unspecified atom stereocenters. The largest absolute Gasteiger partial charge is 0.204 e. The van der Waals surface area contributed by atoms with E-state index in [0.717, 1.165) is 10.3 Å². The first-order valence-corrected chi connectivity index (χ1v) is 6.22. The number of hydrogen-bond acceptors (Lipinski definition) is 3. The Labute approximate surface area is 89.6 Å². The molecule has 0 saturated heterocycles. The molecule has 0 aliphatic heterocycles. The van der Waals surface area contributed by atoms with E-state index in [1.165, 1.54) is 11.3 Å². The van der Waals surface area contributed by atoms with Crippen LogP contribution in [0.2, 0.25) is 0 Å². The van der Waals surface area contributed by atoms with Crippen LogP contribution in [0, 0.1) is 5.82 Å². The lowest BCUT2D eigenvalue weighted by Crippen LogP contribution is -1.80. The predicted molar refractivity (Wildman–Crippen MR) is 60.8 cm³/mol. The van der Waals surface area contributed by atoms with Gasteiger partial charge >= 0.3 is 0 Å². The van der Waals surface area contributed by atoms with Crippen LogP contribution in [0.15, 0.2) is 27.3 Å². The van der Waals surface area contributed by atoms with E-state index in [9.17, 15) is 4.39 Å². The molecule has 1 aromatic carbocycles. The highest BCUT2D eigenvalue weighted by atomic mass is 32.2. The maximum Gasteiger partial charge on any atom is 0.154 e. The van der Waals surface area contributed by atoms with Crippen LogP contribution in [-0.4, -0.2) is 6.26 Å². The zero-order valence-electron chi connectivity index (χ0n) is 6.87. The van der Waals surface area contributed by atoms with Gasteiger partial charge in [0.1, 0.15) is 0 Å². The summed E-state index contributed by atoms with van der Waals surface area (Å²) >= 11 is 7.13. The summed E-state index contributed by atoms with van der Waals surface area (Å²) in [5, 5.41) is 2.90. The fourth-order valence-corrected chi connectivity index (χ4v) is 3.18. The number of hydrogen-bond donors (Lipinski definition) is 1. The minimum atomic E-state index is -0.203. The van der Waals surface area contributed by atoms with Crippen molar-refractivity contribution in [1.29, 1.82) is 0 Å². The predicted octanol–water partition coefficient (Wildman–Crippen LogP) is 4.05. The molecule has 0 fully saturated rings. The topological polar surface area (TPSA) is 0 Å². The number of halogens is 1. The lowest BCUT2D eigenvalue weighted by atomic mass is 10.2. The van der Waals surface area contributed by atoms with Crippen LogP contribution in [-0.2, 0) is 0 Å². The van der Waals surface area contributed by atoms with Gasteiger partial charge < -0.3 is 0 Å². The van der Waals surface area contributed by atoms with E-state index < -0.39 is 0 Å². The van der Waals surface area contributed by atoms with Crippen molar-refractivity contribution in [3.63, 3.8) is 0 Å². The summed E-state index contributed by atoms with van der Waals surface area (Å²) in [5.74, 6) is -0.203. The number of thiophene rings is 1. The fourth-order valence-electron chi connectivity index (χ4n) is 1.22. The number of rotatable bonds is 1. The van der Waals surface area contributed by atoms with Gasteiger partial charge in [-0.3, -0.25) is 0 Å². The lowest BCUT2D eigenvalue weighted by Gasteiger charge is -2.02. The zero-order chi connectivity index (χ0) is 9.42. The van der Waals surface area contributed by atoms with Crippen molar-refractivity contribution in [3.8, 4) is 0 Å². The molecule has 0 aliphatic carbocycles. The van der Waals surface area contributed by atoms with Gasteiger partial charge in [0, 0.05) is 15.2 Å². The summed E-state index contributed by atoms with van der Waals surface area (Å²) in [5.41, 5.74) is 0. The lowest BCUT2D eigenvalue weighted by molar-refractivity contribution is 0.616. The third kappa shape index (κ3) is 1.47. The Morgan fingerprint density at radius 1 is 1.54 bits per heavy atom. The van der Waals surface area contributed by atoms with E-state index >= 15 is 0 Å². The van der Waals surface area contributed by atoms with E-state index in [4.69, 9.17) is 0 Å². The number of benzene rings is 1. The van der Waals surface area contributed by atoms with Gasteiger partial charge in [-0.2, -0.15) is 0 Å². The molecule has 0 aliphatic rings. The number of thiol groups is 1. The van der Waals surface area contributed by atoms with Crippen LogP contribution in [0.5, 0.6) is 0 Å². The monoisotopic (exact) mass is 230 g/mol. The Morgan fingerprint density at radius 3 is 3.00 bits per heavy atom. The van der Waals surface area contributed by atoms with Gasteiger partial charge in [-0.1, -0.05) is 0 Å². The summed E-state index contributed by atoms with van der Waals surface area (Å²) in [6.07, 6.45) is 1.98. The normalized spacial score (nSPS) is 11.0. The Balaban J connectivity index is 2.87. The molecule has 0 nitrogen and oxygen atoms in total.